The minimum absolute atomic E-state index is 0.148. The molecule has 12 nitrogen and oxygen atoms in total. The minimum Gasteiger partial charge on any atom is -0.455 e. The van der Waals surface area contributed by atoms with Gasteiger partial charge < -0.3 is 28.9 Å². The maximum Gasteiger partial charge on any atom is 0.164 e. The SMILES string of the molecule is CC(C)c1cccc(C(C)C)c1Oc1cc2c(cc1Cl)-c1nc-2nc2[nH]c(nc3nc(nc4[nH]c(n1)c1cc(Cl)c(Oc5c(C(C)C)cccc5C(C)C)cc41)-c1cc(Cl)c(Oc4c(C(C)C)cccc4C(C)C)cc1-3)c1cc(Oc3c(C(C)C)cccc3C(C)C)c(Cl)cc21. The predicted octanol–water partition coefficient (Wildman–Crippen LogP) is 25.6. The summed E-state index contributed by atoms with van der Waals surface area (Å²) in [6, 6.07) is 40.2. The lowest BCUT2D eigenvalue weighted by molar-refractivity contribution is 0.463. The third kappa shape index (κ3) is 12.2. The monoisotopic (exact) mass is 1350 g/mol. The van der Waals surface area contributed by atoms with Crippen LogP contribution in [0.5, 0.6) is 46.0 Å². The lowest BCUT2D eigenvalue weighted by atomic mass is 9.94. The van der Waals surface area contributed by atoms with Gasteiger partial charge in [0.2, 0.25) is 0 Å². The highest BCUT2D eigenvalue weighted by molar-refractivity contribution is 6.34. The lowest BCUT2D eigenvalue weighted by Crippen LogP contribution is -2.01. The first-order valence-corrected chi connectivity index (χ1v) is 34.7. The number of hydrogen-bond donors (Lipinski definition) is 2. The molecule has 2 N–H and O–H groups in total. The van der Waals surface area contributed by atoms with Crippen LogP contribution in [-0.4, -0.2) is 39.9 Å². The van der Waals surface area contributed by atoms with Gasteiger partial charge >= 0.3 is 0 Å². The number of rotatable bonds is 16. The fourth-order valence-corrected chi connectivity index (χ4v) is 13.8. The Kier molecular flexibility index (Phi) is 18.0. The average molecular weight is 1360 g/mol. The Morgan fingerprint density at radius 1 is 0.260 bits per heavy atom. The highest BCUT2D eigenvalue weighted by Gasteiger charge is 2.30. The molecule has 490 valence electrons. The standard InChI is InChI=1S/C80H78Cl4N8O4/c1-37(2)45-21-17-22-46(38(3)4)69(45)93-65-33-57-53(29-61(65)81)73-85-74-54-30-62(82)66(94-70-47(39(5)6)23-18-24-48(70)40(7)8)34-58(54)78(87-74)89-76-56-32-64(84)68(96-72-51(43(13)14)27-20-28-52(72)44(15)16)36-60(56)80(91-76)92-79-59-35-67(63(83)31-55(59)75(90-79)88-77(57)86-73)95-71-49(41(9)10)25-19-26-50(71)42(11)12/h17-44H,1-16H3,(H2,85,86,87,88,89,90,91,92). The molecule has 11 aromatic rings. The first kappa shape index (κ1) is 66.1. The van der Waals surface area contributed by atoms with Gasteiger partial charge in [-0.05, 0) is 140 Å². The number of aromatic nitrogens is 8. The summed E-state index contributed by atoms with van der Waals surface area (Å²) in [5.41, 5.74) is 12.5. The molecule has 0 unspecified atom stereocenters. The lowest BCUT2D eigenvalue weighted by Gasteiger charge is -2.20. The zero-order chi connectivity index (χ0) is 68.0. The number of H-pyrrole nitrogens is 2. The molecule has 2 aliphatic heterocycles. The normalized spacial score (nSPS) is 12.3. The van der Waals surface area contributed by atoms with Gasteiger partial charge in [-0.3, -0.25) is 0 Å². The van der Waals surface area contributed by atoms with Crippen molar-refractivity contribution in [2.75, 3.05) is 0 Å². The van der Waals surface area contributed by atoms with Crippen molar-refractivity contribution in [3.63, 3.8) is 0 Å². The van der Waals surface area contributed by atoms with Crippen LogP contribution in [0.4, 0.5) is 0 Å². The van der Waals surface area contributed by atoms with E-state index in [1.165, 1.54) is 0 Å². The van der Waals surface area contributed by atoms with E-state index in [9.17, 15) is 0 Å². The molecule has 0 spiro atoms. The molecule has 0 saturated carbocycles. The molecular weight excluding hydrogens is 1280 g/mol. The van der Waals surface area contributed by atoms with Crippen molar-refractivity contribution in [2.24, 2.45) is 0 Å². The molecule has 0 atom stereocenters. The van der Waals surface area contributed by atoms with E-state index >= 15 is 0 Å². The summed E-state index contributed by atoms with van der Waals surface area (Å²) >= 11 is 29.8. The van der Waals surface area contributed by atoms with Crippen LogP contribution in [0.3, 0.4) is 0 Å². The molecule has 0 amide bonds. The molecule has 0 saturated heterocycles. The molecule has 0 aliphatic carbocycles. The van der Waals surface area contributed by atoms with Crippen molar-refractivity contribution in [1.29, 1.82) is 0 Å². The van der Waals surface area contributed by atoms with E-state index in [4.69, 9.17) is 95.3 Å². The number of fused-ring (bicyclic) bond motifs is 20. The maximum absolute atomic E-state index is 7.48. The van der Waals surface area contributed by atoms with Gasteiger partial charge in [0.15, 0.2) is 23.3 Å². The second-order valence-corrected chi connectivity index (χ2v) is 29.3. The fraction of sp³-hybridized carbons (Fsp3) is 0.300. The summed E-state index contributed by atoms with van der Waals surface area (Å²) in [5, 5.41) is 3.96. The van der Waals surface area contributed by atoms with Crippen LogP contribution in [0, 0.1) is 0 Å². The van der Waals surface area contributed by atoms with E-state index in [0.29, 0.717) is 133 Å². The molecule has 8 aromatic carbocycles. The molecule has 13 rings (SSSR count). The Bertz CT molecular complexity index is 5020. The van der Waals surface area contributed by atoms with Crippen LogP contribution in [0.15, 0.2) is 121 Å². The van der Waals surface area contributed by atoms with Crippen molar-refractivity contribution < 1.29 is 18.9 Å². The topological polar surface area (TPSA) is 146 Å². The number of benzene rings is 8. The molecule has 0 fully saturated rings. The van der Waals surface area contributed by atoms with Crippen molar-refractivity contribution in [2.45, 2.75) is 158 Å². The van der Waals surface area contributed by atoms with Crippen LogP contribution in [-0.2, 0) is 0 Å². The van der Waals surface area contributed by atoms with Gasteiger partial charge in [-0.1, -0.05) is 230 Å². The number of para-hydroxylation sites is 4. The molecule has 5 heterocycles. The summed E-state index contributed by atoms with van der Waals surface area (Å²) in [6.45, 7) is 34.5. The van der Waals surface area contributed by atoms with E-state index < -0.39 is 0 Å². The van der Waals surface area contributed by atoms with E-state index in [0.717, 1.165) is 67.5 Å². The van der Waals surface area contributed by atoms with Crippen LogP contribution in [0.1, 0.15) is 203 Å². The number of ether oxygens (including phenoxy) is 4. The summed E-state index contributed by atoms with van der Waals surface area (Å²) in [4.78, 5) is 39.8. The van der Waals surface area contributed by atoms with Gasteiger partial charge in [-0.25, -0.2) is 29.9 Å². The second-order valence-electron chi connectivity index (χ2n) is 27.6. The Morgan fingerprint density at radius 3 is 0.688 bits per heavy atom. The van der Waals surface area contributed by atoms with E-state index in [-0.39, 0.29) is 47.3 Å². The van der Waals surface area contributed by atoms with Gasteiger partial charge in [-0.15, -0.1) is 0 Å². The molecule has 8 bridgehead atoms. The van der Waals surface area contributed by atoms with E-state index in [1.54, 1.807) is 0 Å². The van der Waals surface area contributed by atoms with Crippen molar-refractivity contribution in [3.05, 3.63) is 186 Å². The number of nitrogens with zero attached hydrogens (tertiary/aromatic N) is 6. The van der Waals surface area contributed by atoms with Crippen molar-refractivity contribution >= 4 is 90.5 Å². The third-order valence-electron chi connectivity index (χ3n) is 18.2. The zero-order valence-corrected chi connectivity index (χ0v) is 60.0. The Labute approximate surface area is 581 Å². The second kappa shape index (κ2) is 26.1. The summed E-state index contributed by atoms with van der Waals surface area (Å²) in [7, 11) is 0. The number of aromatic amines is 2. The Hall–Kier alpha value is -8.52. The zero-order valence-electron chi connectivity index (χ0n) is 57.0. The van der Waals surface area contributed by atoms with E-state index in [1.807, 2.05) is 48.5 Å². The Morgan fingerprint density at radius 2 is 0.458 bits per heavy atom. The molecular formula is C80H78Cl4N8O4. The largest absolute Gasteiger partial charge is 0.455 e. The maximum atomic E-state index is 7.48. The van der Waals surface area contributed by atoms with Crippen molar-refractivity contribution in [3.8, 4) is 91.5 Å². The van der Waals surface area contributed by atoms with Gasteiger partial charge in [-0.2, -0.15) is 0 Å². The summed E-state index contributed by atoms with van der Waals surface area (Å²) in [6.07, 6.45) is 0. The minimum atomic E-state index is 0.148. The van der Waals surface area contributed by atoms with Crippen LogP contribution in [0.2, 0.25) is 20.1 Å². The summed E-state index contributed by atoms with van der Waals surface area (Å²) in [5.74, 6) is 7.17. The highest BCUT2D eigenvalue weighted by Crippen LogP contribution is 2.50. The quantitative estimate of drug-likeness (QED) is 0.0959. The Balaban J connectivity index is 1.13. The number of hydrogen-bond acceptors (Lipinski definition) is 10. The van der Waals surface area contributed by atoms with E-state index in [2.05, 4.69) is 194 Å². The smallest absolute Gasteiger partial charge is 0.164 e. The molecule has 2 aliphatic rings. The van der Waals surface area contributed by atoms with Gasteiger partial charge in [0.1, 0.15) is 68.6 Å². The first-order valence-electron chi connectivity index (χ1n) is 33.2. The van der Waals surface area contributed by atoms with Gasteiger partial charge in [0.25, 0.3) is 0 Å². The number of nitrogens with one attached hydrogen (secondary N) is 2. The van der Waals surface area contributed by atoms with Crippen LogP contribution < -0.4 is 18.9 Å². The fourth-order valence-electron chi connectivity index (χ4n) is 12.9. The molecule has 16 heteroatoms. The molecule has 3 aromatic heterocycles. The molecule has 0 radical (unpaired) electrons. The third-order valence-corrected chi connectivity index (χ3v) is 19.3. The van der Waals surface area contributed by atoms with Crippen molar-refractivity contribution in [1.82, 2.24) is 39.9 Å². The van der Waals surface area contributed by atoms with Crippen LogP contribution >= 0.6 is 46.4 Å². The van der Waals surface area contributed by atoms with Gasteiger partial charge in [0.05, 0.1) is 20.1 Å². The van der Waals surface area contributed by atoms with Gasteiger partial charge in [0, 0.05) is 43.8 Å². The first-order chi connectivity index (χ1) is 45.8. The van der Waals surface area contributed by atoms with Crippen LogP contribution in [0.25, 0.3) is 89.7 Å². The average Bonchev–Trinajstić information content (AvgIpc) is 1.56. The summed E-state index contributed by atoms with van der Waals surface area (Å²) < 4.78 is 28.2. The number of halogens is 4. The predicted molar refractivity (Wildman–Crippen MR) is 395 cm³/mol. The highest BCUT2D eigenvalue weighted by atomic mass is 35.5. The molecule has 96 heavy (non-hydrogen) atoms.